The molecule has 0 aliphatic carbocycles. The summed E-state index contributed by atoms with van der Waals surface area (Å²) in [5.74, 6) is 0.703. The second-order valence-corrected chi connectivity index (χ2v) is 5.30. The SMILES string of the molecule is Cc1ccc(CNCC2CCOC2)cc1Br. The predicted octanol–water partition coefficient (Wildman–Crippen LogP) is 2.88. The second kappa shape index (κ2) is 5.80. The van der Waals surface area contributed by atoms with Gasteiger partial charge in [-0.3, -0.25) is 0 Å². The van der Waals surface area contributed by atoms with Crippen LogP contribution < -0.4 is 5.32 Å². The molecule has 1 aromatic rings. The molecule has 1 saturated heterocycles. The van der Waals surface area contributed by atoms with Gasteiger partial charge in [0.05, 0.1) is 6.61 Å². The van der Waals surface area contributed by atoms with E-state index in [-0.39, 0.29) is 0 Å². The van der Waals surface area contributed by atoms with E-state index in [4.69, 9.17) is 4.74 Å². The van der Waals surface area contributed by atoms with Gasteiger partial charge in [0, 0.05) is 24.2 Å². The molecular formula is C13H18BrNO. The van der Waals surface area contributed by atoms with E-state index in [9.17, 15) is 0 Å². The van der Waals surface area contributed by atoms with Gasteiger partial charge in [-0.25, -0.2) is 0 Å². The van der Waals surface area contributed by atoms with Crippen LogP contribution in [0.4, 0.5) is 0 Å². The van der Waals surface area contributed by atoms with Gasteiger partial charge in [-0.2, -0.15) is 0 Å². The number of hydrogen-bond donors (Lipinski definition) is 1. The van der Waals surface area contributed by atoms with E-state index in [2.05, 4.69) is 46.4 Å². The van der Waals surface area contributed by atoms with Gasteiger partial charge >= 0.3 is 0 Å². The number of benzene rings is 1. The average molecular weight is 284 g/mol. The molecule has 0 amide bonds. The van der Waals surface area contributed by atoms with Crippen molar-refractivity contribution in [3.8, 4) is 0 Å². The van der Waals surface area contributed by atoms with Crippen molar-refractivity contribution in [1.29, 1.82) is 0 Å². The maximum atomic E-state index is 5.35. The molecule has 0 spiro atoms. The summed E-state index contributed by atoms with van der Waals surface area (Å²) in [4.78, 5) is 0. The lowest BCUT2D eigenvalue weighted by Crippen LogP contribution is -2.22. The average Bonchev–Trinajstić information content (AvgIpc) is 2.76. The van der Waals surface area contributed by atoms with E-state index >= 15 is 0 Å². The van der Waals surface area contributed by atoms with Gasteiger partial charge in [0.25, 0.3) is 0 Å². The molecule has 0 aromatic heterocycles. The minimum atomic E-state index is 0.703. The molecule has 1 heterocycles. The molecule has 16 heavy (non-hydrogen) atoms. The maximum absolute atomic E-state index is 5.35. The first-order chi connectivity index (χ1) is 7.75. The summed E-state index contributed by atoms with van der Waals surface area (Å²) in [6, 6.07) is 6.52. The Hall–Kier alpha value is -0.380. The Morgan fingerprint density at radius 1 is 1.50 bits per heavy atom. The Balaban J connectivity index is 1.78. The van der Waals surface area contributed by atoms with Crippen LogP contribution in [0.1, 0.15) is 17.5 Å². The number of aryl methyl sites for hydroxylation is 1. The molecule has 0 bridgehead atoms. The van der Waals surface area contributed by atoms with Gasteiger partial charge < -0.3 is 10.1 Å². The summed E-state index contributed by atoms with van der Waals surface area (Å²) < 4.78 is 6.54. The Kier molecular flexibility index (Phi) is 4.38. The Morgan fingerprint density at radius 3 is 3.06 bits per heavy atom. The van der Waals surface area contributed by atoms with Crippen molar-refractivity contribution in [2.75, 3.05) is 19.8 Å². The standard InChI is InChI=1S/C13H18BrNO/c1-10-2-3-11(6-13(10)14)7-15-8-12-4-5-16-9-12/h2-3,6,12,15H,4-5,7-9H2,1H3. The third kappa shape index (κ3) is 3.30. The van der Waals surface area contributed by atoms with Crippen LogP contribution in [0.25, 0.3) is 0 Å². The van der Waals surface area contributed by atoms with E-state index in [0.717, 1.165) is 26.3 Å². The van der Waals surface area contributed by atoms with E-state index in [1.165, 1.54) is 22.0 Å². The van der Waals surface area contributed by atoms with Crippen molar-refractivity contribution in [3.63, 3.8) is 0 Å². The van der Waals surface area contributed by atoms with Crippen molar-refractivity contribution in [2.24, 2.45) is 5.92 Å². The van der Waals surface area contributed by atoms with Gasteiger partial charge in [0.15, 0.2) is 0 Å². The molecule has 2 rings (SSSR count). The smallest absolute Gasteiger partial charge is 0.0507 e. The summed E-state index contributed by atoms with van der Waals surface area (Å²) >= 11 is 3.56. The predicted molar refractivity (Wildman–Crippen MR) is 69.5 cm³/mol. The zero-order chi connectivity index (χ0) is 11.4. The molecule has 1 unspecified atom stereocenters. The zero-order valence-corrected chi connectivity index (χ0v) is 11.2. The van der Waals surface area contributed by atoms with Crippen LogP contribution in [0.2, 0.25) is 0 Å². The Morgan fingerprint density at radius 2 is 2.38 bits per heavy atom. The molecule has 1 aliphatic heterocycles. The van der Waals surface area contributed by atoms with Gasteiger partial charge in [-0.15, -0.1) is 0 Å². The molecule has 88 valence electrons. The number of halogens is 1. The summed E-state index contributed by atoms with van der Waals surface area (Å²) in [5.41, 5.74) is 2.62. The number of nitrogens with one attached hydrogen (secondary N) is 1. The minimum Gasteiger partial charge on any atom is -0.381 e. The normalized spacial score (nSPS) is 20.2. The first-order valence-corrected chi connectivity index (χ1v) is 6.58. The molecule has 1 fully saturated rings. The molecule has 0 radical (unpaired) electrons. The van der Waals surface area contributed by atoms with E-state index < -0.39 is 0 Å². The highest BCUT2D eigenvalue weighted by atomic mass is 79.9. The zero-order valence-electron chi connectivity index (χ0n) is 9.63. The Labute approximate surface area is 106 Å². The molecule has 1 N–H and O–H groups in total. The van der Waals surface area contributed by atoms with Crippen molar-refractivity contribution in [1.82, 2.24) is 5.32 Å². The van der Waals surface area contributed by atoms with Crippen LogP contribution in [0, 0.1) is 12.8 Å². The fourth-order valence-corrected chi connectivity index (χ4v) is 2.34. The first-order valence-electron chi connectivity index (χ1n) is 5.79. The molecule has 1 aromatic carbocycles. The number of hydrogen-bond acceptors (Lipinski definition) is 2. The van der Waals surface area contributed by atoms with Crippen molar-refractivity contribution < 1.29 is 4.74 Å². The third-order valence-electron chi connectivity index (χ3n) is 3.02. The summed E-state index contributed by atoms with van der Waals surface area (Å²) in [5, 5.41) is 3.49. The van der Waals surface area contributed by atoms with Crippen molar-refractivity contribution in [2.45, 2.75) is 19.9 Å². The van der Waals surface area contributed by atoms with Gasteiger partial charge in [-0.1, -0.05) is 28.1 Å². The highest BCUT2D eigenvalue weighted by Crippen LogP contribution is 2.17. The monoisotopic (exact) mass is 283 g/mol. The van der Waals surface area contributed by atoms with Crippen molar-refractivity contribution >= 4 is 15.9 Å². The van der Waals surface area contributed by atoms with Crippen LogP contribution in [-0.2, 0) is 11.3 Å². The van der Waals surface area contributed by atoms with Gasteiger partial charge in [0.2, 0.25) is 0 Å². The van der Waals surface area contributed by atoms with Crippen molar-refractivity contribution in [3.05, 3.63) is 33.8 Å². The fraction of sp³-hybridized carbons (Fsp3) is 0.538. The largest absolute Gasteiger partial charge is 0.381 e. The van der Waals surface area contributed by atoms with Crippen LogP contribution in [0.15, 0.2) is 22.7 Å². The highest BCUT2D eigenvalue weighted by molar-refractivity contribution is 9.10. The van der Waals surface area contributed by atoms with Gasteiger partial charge in [0.1, 0.15) is 0 Å². The summed E-state index contributed by atoms with van der Waals surface area (Å²) in [6.45, 7) is 5.96. The second-order valence-electron chi connectivity index (χ2n) is 4.44. The molecule has 1 atom stereocenters. The van der Waals surface area contributed by atoms with Crippen LogP contribution in [0.3, 0.4) is 0 Å². The van der Waals surface area contributed by atoms with Crippen LogP contribution in [-0.4, -0.2) is 19.8 Å². The molecule has 0 saturated carbocycles. The lowest BCUT2D eigenvalue weighted by Gasteiger charge is -2.10. The molecule has 3 heteroatoms. The summed E-state index contributed by atoms with van der Waals surface area (Å²) in [7, 11) is 0. The highest BCUT2D eigenvalue weighted by Gasteiger charge is 2.14. The third-order valence-corrected chi connectivity index (χ3v) is 3.88. The van der Waals surface area contributed by atoms with Crippen LogP contribution in [0.5, 0.6) is 0 Å². The lowest BCUT2D eigenvalue weighted by atomic mass is 10.1. The van der Waals surface area contributed by atoms with Crippen LogP contribution >= 0.6 is 15.9 Å². The quantitative estimate of drug-likeness (QED) is 0.918. The van der Waals surface area contributed by atoms with Gasteiger partial charge in [-0.05, 0) is 36.5 Å². The number of ether oxygens (including phenoxy) is 1. The summed E-state index contributed by atoms with van der Waals surface area (Å²) in [6.07, 6.45) is 1.20. The lowest BCUT2D eigenvalue weighted by molar-refractivity contribution is 0.185. The maximum Gasteiger partial charge on any atom is 0.0507 e. The minimum absolute atomic E-state index is 0.703. The number of rotatable bonds is 4. The first kappa shape index (κ1) is 12.1. The molecular weight excluding hydrogens is 266 g/mol. The van der Waals surface area contributed by atoms with E-state index in [1.807, 2.05) is 0 Å². The van der Waals surface area contributed by atoms with E-state index in [1.54, 1.807) is 0 Å². The van der Waals surface area contributed by atoms with E-state index in [0.29, 0.717) is 5.92 Å². The Bertz CT molecular complexity index is 348. The molecule has 2 nitrogen and oxygen atoms in total. The fourth-order valence-electron chi connectivity index (χ4n) is 1.91. The molecule has 1 aliphatic rings. The topological polar surface area (TPSA) is 21.3 Å².